The first-order valence-electron chi connectivity index (χ1n) is 12.0. The molecule has 3 atom stereocenters. The lowest BCUT2D eigenvalue weighted by molar-refractivity contribution is -0.152. The van der Waals surface area contributed by atoms with E-state index in [1.807, 2.05) is 61.5 Å². The van der Waals surface area contributed by atoms with Gasteiger partial charge in [-0.15, -0.1) is 0 Å². The van der Waals surface area contributed by atoms with Crippen molar-refractivity contribution in [2.24, 2.45) is 5.10 Å². The van der Waals surface area contributed by atoms with Gasteiger partial charge in [0.25, 0.3) is 0 Å². The second kappa shape index (κ2) is 9.89. The van der Waals surface area contributed by atoms with Crippen molar-refractivity contribution in [1.29, 1.82) is 0 Å². The van der Waals surface area contributed by atoms with Crippen molar-refractivity contribution in [1.82, 2.24) is 20.1 Å². The predicted molar refractivity (Wildman–Crippen MR) is 138 cm³/mol. The lowest BCUT2D eigenvalue weighted by Gasteiger charge is -2.41. The van der Waals surface area contributed by atoms with Crippen LogP contribution in [0, 0.1) is 6.92 Å². The fourth-order valence-electron chi connectivity index (χ4n) is 4.75. The minimum absolute atomic E-state index is 0.116. The van der Waals surface area contributed by atoms with Gasteiger partial charge in [0.15, 0.2) is 0 Å². The summed E-state index contributed by atoms with van der Waals surface area (Å²) in [4.78, 5) is 52.4. The van der Waals surface area contributed by atoms with Crippen LogP contribution in [-0.2, 0) is 20.8 Å². The number of carbonyl (C=O) groups excluding carboxylic acids is 3. The lowest BCUT2D eigenvalue weighted by Crippen LogP contribution is -2.68. The van der Waals surface area contributed by atoms with Gasteiger partial charge >= 0.3 is 12.0 Å². The summed E-state index contributed by atoms with van der Waals surface area (Å²) in [5.74, 6) is -1.86. The van der Waals surface area contributed by atoms with E-state index in [0.717, 1.165) is 28.5 Å². The van der Waals surface area contributed by atoms with Crippen molar-refractivity contribution < 1.29 is 24.3 Å². The molecule has 3 heterocycles. The first-order valence-corrected chi connectivity index (χ1v) is 12.9. The number of hydrazone groups is 1. The number of fused-ring (bicyclic) bond motifs is 1. The van der Waals surface area contributed by atoms with Gasteiger partial charge in [0.05, 0.1) is 19.2 Å². The molecule has 0 spiro atoms. The normalized spacial score (nSPS) is 25.3. The van der Waals surface area contributed by atoms with Gasteiger partial charge in [0.1, 0.15) is 11.4 Å². The minimum atomic E-state index is -1.66. The summed E-state index contributed by atoms with van der Waals surface area (Å²) in [6.07, 6.45) is 2.22. The van der Waals surface area contributed by atoms with Crippen molar-refractivity contribution in [2.75, 3.05) is 19.6 Å². The Kier molecular flexibility index (Phi) is 6.63. The van der Waals surface area contributed by atoms with Crippen LogP contribution in [0.3, 0.4) is 0 Å². The van der Waals surface area contributed by atoms with Crippen LogP contribution in [0.1, 0.15) is 23.1 Å². The number of carboxylic acid groups (broad SMARTS) is 1. The number of hydrogen-bond acceptors (Lipinski definition) is 6. The molecule has 3 aliphatic heterocycles. The van der Waals surface area contributed by atoms with Crippen LogP contribution >= 0.6 is 11.8 Å². The van der Waals surface area contributed by atoms with E-state index in [-0.39, 0.29) is 31.3 Å². The molecule has 4 amide bonds. The quantitative estimate of drug-likeness (QED) is 0.424. The molecule has 0 aromatic heterocycles. The van der Waals surface area contributed by atoms with Gasteiger partial charge in [0, 0.05) is 13.1 Å². The Labute approximate surface area is 218 Å². The standard InChI is InChI=1S/C26H27N5O5S/c1-17-8-10-19(11-9-17)15-27-31-13-5-12-30(25(31)36)26(24(34)35)16-29-22(33)21(23(29)37-26)28-20(32)14-18-6-3-2-4-7-18/h2-4,6-11,15,21,23H,5,12-14,16H2,1H3,(H,28,32)(H,34,35)/b27-15+. The molecule has 3 saturated heterocycles. The molecule has 0 aliphatic carbocycles. The van der Waals surface area contributed by atoms with E-state index in [0.29, 0.717) is 13.0 Å². The van der Waals surface area contributed by atoms with Crippen LogP contribution in [0.2, 0.25) is 0 Å². The number of aliphatic carboxylic acids is 1. The molecular weight excluding hydrogens is 494 g/mol. The summed E-state index contributed by atoms with van der Waals surface area (Å²) in [6.45, 7) is 2.42. The summed E-state index contributed by atoms with van der Waals surface area (Å²) in [6, 6.07) is 15.5. The zero-order valence-corrected chi connectivity index (χ0v) is 21.1. The van der Waals surface area contributed by atoms with E-state index < -0.39 is 28.3 Å². The Morgan fingerprint density at radius 3 is 2.57 bits per heavy atom. The van der Waals surface area contributed by atoms with E-state index in [9.17, 15) is 24.3 Å². The number of hydrogen-bond donors (Lipinski definition) is 2. The van der Waals surface area contributed by atoms with E-state index in [4.69, 9.17) is 0 Å². The number of rotatable bonds is 7. The fraction of sp³-hybridized carbons (Fsp3) is 0.346. The number of benzene rings is 2. The predicted octanol–water partition coefficient (Wildman–Crippen LogP) is 1.88. The SMILES string of the molecule is Cc1ccc(/C=N/N2CCCN(C3(C(=O)O)CN4C(=O)C(NC(=O)Cc5ccccc5)C4S3)C2=O)cc1. The fourth-order valence-corrected chi connectivity index (χ4v) is 6.39. The van der Waals surface area contributed by atoms with Crippen LogP contribution in [0.25, 0.3) is 0 Å². The highest BCUT2D eigenvalue weighted by molar-refractivity contribution is 8.02. The van der Waals surface area contributed by atoms with Crippen LogP contribution < -0.4 is 5.32 Å². The second-order valence-corrected chi connectivity index (χ2v) is 10.7. The number of thioether (sulfide) groups is 1. The first-order chi connectivity index (χ1) is 17.8. The van der Waals surface area contributed by atoms with E-state index in [2.05, 4.69) is 10.4 Å². The minimum Gasteiger partial charge on any atom is -0.479 e. The van der Waals surface area contributed by atoms with Gasteiger partial charge in [0.2, 0.25) is 16.7 Å². The Hall–Kier alpha value is -3.86. The highest BCUT2D eigenvalue weighted by Crippen LogP contribution is 2.49. The van der Waals surface area contributed by atoms with Crippen LogP contribution in [0.4, 0.5) is 4.79 Å². The molecule has 3 fully saturated rings. The molecule has 10 nitrogen and oxygen atoms in total. The molecule has 0 saturated carbocycles. The molecule has 11 heteroatoms. The molecule has 192 valence electrons. The molecule has 2 aromatic rings. The third-order valence-electron chi connectivity index (χ3n) is 6.76. The molecule has 3 unspecified atom stereocenters. The molecule has 2 aromatic carbocycles. The van der Waals surface area contributed by atoms with E-state index >= 15 is 0 Å². The third-order valence-corrected chi connectivity index (χ3v) is 8.45. The summed E-state index contributed by atoms with van der Waals surface area (Å²) >= 11 is 1.02. The Bertz CT molecular complexity index is 1250. The summed E-state index contributed by atoms with van der Waals surface area (Å²) in [7, 11) is 0. The number of aryl methyl sites for hydroxylation is 1. The Balaban J connectivity index is 1.29. The second-order valence-electron chi connectivity index (χ2n) is 9.34. The molecule has 2 N–H and O–H groups in total. The number of urea groups is 1. The average Bonchev–Trinajstić information content (AvgIpc) is 3.26. The van der Waals surface area contributed by atoms with Crippen molar-refractivity contribution in [2.45, 2.75) is 36.1 Å². The third kappa shape index (κ3) is 4.66. The van der Waals surface area contributed by atoms with Crippen molar-refractivity contribution in [3.05, 3.63) is 71.3 Å². The monoisotopic (exact) mass is 521 g/mol. The smallest absolute Gasteiger partial charge is 0.342 e. The molecule has 3 aliphatic rings. The van der Waals surface area contributed by atoms with Crippen LogP contribution in [0.5, 0.6) is 0 Å². The van der Waals surface area contributed by atoms with Crippen molar-refractivity contribution in [3.63, 3.8) is 0 Å². The van der Waals surface area contributed by atoms with Gasteiger partial charge in [-0.05, 0) is 24.5 Å². The number of carboxylic acids is 1. The maximum absolute atomic E-state index is 13.4. The highest BCUT2D eigenvalue weighted by Gasteiger charge is 2.65. The van der Waals surface area contributed by atoms with Crippen molar-refractivity contribution in [3.8, 4) is 0 Å². The molecule has 0 radical (unpaired) electrons. The number of nitrogens with one attached hydrogen (secondary N) is 1. The van der Waals surface area contributed by atoms with E-state index in [1.165, 1.54) is 14.8 Å². The Morgan fingerprint density at radius 1 is 1.14 bits per heavy atom. The van der Waals surface area contributed by atoms with Crippen molar-refractivity contribution >= 4 is 41.8 Å². The lowest BCUT2D eigenvalue weighted by atomic mass is 10.0. The van der Waals surface area contributed by atoms with E-state index in [1.54, 1.807) is 6.21 Å². The van der Waals surface area contributed by atoms with Gasteiger partial charge in [-0.25, -0.2) is 14.6 Å². The van der Waals surface area contributed by atoms with Crippen LogP contribution in [-0.4, -0.2) is 85.9 Å². The first kappa shape index (κ1) is 24.8. The topological polar surface area (TPSA) is 123 Å². The van der Waals surface area contributed by atoms with Gasteiger partial charge in [-0.1, -0.05) is 71.9 Å². The highest BCUT2D eigenvalue weighted by atomic mass is 32.2. The molecule has 5 rings (SSSR count). The number of β-lactam (4-membered cyclic amide) rings is 1. The van der Waals surface area contributed by atoms with Gasteiger partial charge < -0.3 is 15.3 Å². The zero-order valence-electron chi connectivity index (χ0n) is 20.2. The Morgan fingerprint density at radius 2 is 1.86 bits per heavy atom. The van der Waals surface area contributed by atoms with Gasteiger partial charge in [-0.3, -0.25) is 14.5 Å². The van der Waals surface area contributed by atoms with Gasteiger partial charge in [-0.2, -0.15) is 5.10 Å². The summed E-state index contributed by atoms with van der Waals surface area (Å²) < 4.78 is 0. The molecule has 37 heavy (non-hydrogen) atoms. The summed E-state index contributed by atoms with van der Waals surface area (Å²) in [5.41, 5.74) is 2.74. The number of amides is 4. The van der Waals surface area contributed by atoms with Crippen LogP contribution in [0.15, 0.2) is 59.7 Å². The summed E-state index contributed by atoms with van der Waals surface area (Å²) in [5, 5.41) is 18.0. The number of carbonyl (C=O) groups is 4. The largest absolute Gasteiger partial charge is 0.479 e. The molecular formula is C26H27N5O5S. The maximum Gasteiger partial charge on any atom is 0.342 e. The average molecular weight is 522 g/mol. The maximum atomic E-state index is 13.4. The molecule has 0 bridgehead atoms. The zero-order chi connectivity index (χ0) is 26.2. The number of nitrogens with zero attached hydrogens (tertiary/aromatic N) is 4.